The number of allylic oxidation sites excluding steroid dienone is 1. The van der Waals surface area contributed by atoms with E-state index in [1.54, 1.807) is 6.07 Å². The highest BCUT2D eigenvalue weighted by molar-refractivity contribution is 6.35. The maximum Gasteiger partial charge on any atom is 0.165 e. The van der Waals surface area contributed by atoms with Crippen LogP contribution in [0.5, 0.6) is 11.5 Å². The molecule has 32 heavy (non-hydrogen) atoms. The van der Waals surface area contributed by atoms with Gasteiger partial charge in [0.05, 0.1) is 6.61 Å². The number of aryl methyl sites for hydroxylation is 2. The molecule has 0 atom stereocenters. The molecule has 0 radical (unpaired) electrons. The first-order chi connectivity index (χ1) is 15.4. The van der Waals surface area contributed by atoms with Crippen molar-refractivity contribution in [2.75, 3.05) is 11.9 Å². The molecule has 3 nitrogen and oxygen atoms in total. The lowest BCUT2D eigenvalue weighted by Gasteiger charge is -2.19. The Kier molecular flexibility index (Phi) is 8.49. The van der Waals surface area contributed by atoms with Crippen molar-refractivity contribution < 1.29 is 9.47 Å². The van der Waals surface area contributed by atoms with Crippen molar-refractivity contribution in [2.24, 2.45) is 0 Å². The molecular formula is C27H29Cl2NO2. The molecule has 3 rings (SSSR count). The number of ether oxygens (including phenoxy) is 2. The molecule has 0 aliphatic rings. The van der Waals surface area contributed by atoms with Crippen LogP contribution in [0.15, 0.2) is 61.2 Å². The molecule has 0 saturated carbocycles. The lowest BCUT2D eigenvalue weighted by atomic mass is 10.0. The summed E-state index contributed by atoms with van der Waals surface area (Å²) in [5, 5.41) is 4.72. The van der Waals surface area contributed by atoms with E-state index in [-0.39, 0.29) is 0 Å². The minimum atomic E-state index is 0.320. The topological polar surface area (TPSA) is 30.5 Å². The van der Waals surface area contributed by atoms with E-state index in [1.807, 2.05) is 31.2 Å². The van der Waals surface area contributed by atoms with Crippen LogP contribution in [-0.2, 0) is 19.6 Å². The van der Waals surface area contributed by atoms with Crippen molar-refractivity contribution in [3.63, 3.8) is 0 Å². The third kappa shape index (κ3) is 6.21. The van der Waals surface area contributed by atoms with Gasteiger partial charge in [0.25, 0.3) is 0 Å². The van der Waals surface area contributed by atoms with Gasteiger partial charge in [0.15, 0.2) is 11.5 Å². The number of hydrogen-bond acceptors (Lipinski definition) is 3. The van der Waals surface area contributed by atoms with Crippen LogP contribution < -0.4 is 14.8 Å². The number of benzene rings is 3. The molecule has 0 bridgehead atoms. The van der Waals surface area contributed by atoms with Gasteiger partial charge in [-0.2, -0.15) is 0 Å². The van der Waals surface area contributed by atoms with Crippen LogP contribution in [0.25, 0.3) is 0 Å². The number of anilines is 1. The Labute approximate surface area is 201 Å². The summed E-state index contributed by atoms with van der Waals surface area (Å²) in [6.45, 7) is 11.6. The second-order valence-electron chi connectivity index (χ2n) is 7.70. The van der Waals surface area contributed by atoms with Crippen molar-refractivity contribution in [2.45, 2.75) is 40.3 Å². The van der Waals surface area contributed by atoms with E-state index < -0.39 is 0 Å². The van der Waals surface area contributed by atoms with Gasteiger partial charge in [-0.15, -0.1) is 6.58 Å². The fraction of sp³-hybridized carbons (Fsp3) is 0.259. The largest absolute Gasteiger partial charge is 0.490 e. The normalized spacial score (nSPS) is 10.7. The van der Waals surface area contributed by atoms with E-state index in [2.05, 4.69) is 50.0 Å². The highest BCUT2D eigenvalue weighted by atomic mass is 35.5. The van der Waals surface area contributed by atoms with E-state index in [4.69, 9.17) is 32.7 Å². The molecule has 0 spiro atoms. The third-order valence-corrected chi connectivity index (χ3v) is 5.71. The smallest absolute Gasteiger partial charge is 0.165 e. The van der Waals surface area contributed by atoms with Crippen LogP contribution in [0.1, 0.15) is 34.7 Å². The molecule has 0 fully saturated rings. The zero-order valence-electron chi connectivity index (χ0n) is 18.8. The zero-order chi connectivity index (χ0) is 23.1. The quantitative estimate of drug-likeness (QED) is 0.305. The first-order valence-corrected chi connectivity index (χ1v) is 11.4. The van der Waals surface area contributed by atoms with E-state index >= 15 is 0 Å². The Morgan fingerprint density at radius 3 is 2.50 bits per heavy atom. The average Bonchev–Trinajstić information content (AvgIpc) is 2.75. The first kappa shape index (κ1) is 24.0. The summed E-state index contributed by atoms with van der Waals surface area (Å²) in [6.07, 6.45) is 2.54. The Morgan fingerprint density at radius 2 is 1.78 bits per heavy atom. The van der Waals surface area contributed by atoms with Crippen molar-refractivity contribution in [1.29, 1.82) is 0 Å². The van der Waals surface area contributed by atoms with Crippen LogP contribution in [0.2, 0.25) is 10.0 Å². The van der Waals surface area contributed by atoms with Gasteiger partial charge >= 0.3 is 0 Å². The molecule has 168 valence electrons. The monoisotopic (exact) mass is 469 g/mol. The van der Waals surface area contributed by atoms with E-state index in [0.717, 1.165) is 28.1 Å². The summed E-state index contributed by atoms with van der Waals surface area (Å²) >= 11 is 12.3. The van der Waals surface area contributed by atoms with Crippen LogP contribution >= 0.6 is 23.2 Å². The summed E-state index contributed by atoms with van der Waals surface area (Å²) in [6, 6.07) is 16.0. The minimum absolute atomic E-state index is 0.320. The van der Waals surface area contributed by atoms with Gasteiger partial charge in [-0.25, -0.2) is 0 Å². The van der Waals surface area contributed by atoms with Gasteiger partial charge in [0.1, 0.15) is 6.61 Å². The molecule has 0 aliphatic carbocycles. The van der Waals surface area contributed by atoms with E-state index in [9.17, 15) is 0 Å². The molecule has 0 aliphatic heterocycles. The van der Waals surface area contributed by atoms with Crippen molar-refractivity contribution in [3.05, 3.63) is 99.0 Å². The van der Waals surface area contributed by atoms with Gasteiger partial charge < -0.3 is 14.8 Å². The van der Waals surface area contributed by atoms with Crippen molar-refractivity contribution in [1.82, 2.24) is 0 Å². The molecule has 1 N–H and O–H groups in total. The number of rotatable bonds is 10. The predicted octanol–water partition coefficient (Wildman–Crippen LogP) is 7.93. The third-order valence-electron chi connectivity index (χ3n) is 5.12. The van der Waals surface area contributed by atoms with Crippen molar-refractivity contribution >= 4 is 28.9 Å². The highest BCUT2D eigenvalue weighted by Crippen LogP contribution is 2.35. The van der Waals surface area contributed by atoms with Gasteiger partial charge in [0, 0.05) is 33.4 Å². The Morgan fingerprint density at radius 1 is 0.969 bits per heavy atom. The Balaban J connectivity index is 1.87. The van der Waals surface area contributed by atoms with Gasteiger partial charge in [0.2, 0.25) is 0 Å². The number of halogens is 2. The fourth-order valence-electron chi connectivity index (χ4n) is 3.47. The molecule has 3 aromatic carbocycles. The summed E-state index contributed by atoms with van der Waals surface area (Å²) < 4.78 is 12.2. The molecule has 3 aromatic rings. The Hall–Kier alpha value is -2.62. The second kappa shape index (κ2) is 11.3. The van der Waals surface area contributed by atoms with Gasteiger partial charge in [-0.1, -0.05) is 47.5 Å². The number of hydrogen-bond donors (Lipinski definition) is 1. The number of nitrogens with one attached hydrogen (secondary N) is 1. The average molecular weight is 470 g/mol. The molecule has 0 aromatic heterocycles. The maximum absolute atomic E-state index is 6.33. The summed E-state index contributed by atoms with van der Waals surface area (Å²) in [5.41, 5.74) is 6.57. The van der Waals surface area contributed by atoms with Crippen LogP contribution in [-0.4, -0.2) is 6.61 Å². The SMILES string of the molecule is C=CCc1cc(CNc2cc(C)ccc2C)cc(OCC)c1OCc1ccc(Cl)cc1Cl. The minimum Gasteiger partial charge on any atom is -0.490 e. The lowest BCUT2D eigenvalue weighted by molar-refractivity contribution is 0.267. The summed E-state index contributed by atoms with van der Waals surface area (Å²) in [7, 11) is 0. The standard InChI is InChI=1S/C27H29Cl2NO2/c1-5-7-21-13-20(16-30-25-12-18(3)8-9-19(25)4)14-26(31-6-2)27(21)32-17-22-10-11-23(28)15-24(22)29/h5,8-15,30H,1,6-7,16-17H2,2-4H3. The van der Waals surface area contributed by atoms with Gasteiger partial charge in [-0.05, 0) is 74.2 Å². The molecule has 0 saturated heterocycles. The molecule has 0 heterocycles. The van der Waals surface area contributed by atoms with Crippen LogP contribution in [0.3, 0.4) is 0 Å². The van der Waals surface area contributed by atoms with Crippen LogP contribution in [0.4, 0.5) is 5.69 Å². The lowest BCUT2D eigenvalue weighted by Crippen LogP contribution is -2.06. The van der Waals surface area contributed by atoms with E-state index in [0.29, 0.717) is 42.0 Å². The predicted molar refractivity (Wildman–Crippen MR) is 136 cm³/mol. The Bertz CT molecular complexity index is 1100. The highest BCUT2D eigenvalue weighted by Gasteiger charge is 2.15. The second-order valence-corrected chi connectivity index (χ2v) is 8.55. The van der Waals surface area contributed by atoms with E-state index in [1.165, 1.54) is 11.1 Å². The molecule has 0 amide bonds. The molecule has 5 heteroatoms. The molecular weight excluding hydrogens is 441 g/mol. The fourth-order valence-corrected chi connectivity index (χ4v) is 3.93. The summed E-state index contributed by atoms with van der Waals surface area (Å²) in [5.74, 6) is 1.43. The first-order valence-electron chi connectivity index (χ1n) is 10.7. The van der Waals surface area contributed by atoms with Crippen LogP contribution in [0, 0.1) is 13.8 Å². The van der Waals surface area contributed by atoms with Gasteiger partial charge in [-0.3, -0.25) is 0 Å². The zero-order valence-corrected chi connectivity index (χ0v) is 20.3. The maximum atomic E-state index is 6.33. The summed E-state index contributed by atoms with van der Waals surface area (Å²) in [4.78, 5) is 0. The van der Waals surface area contributed by atoms with Crippen molar-refractivity contribution in [3.8, 4) is 11.5 Å². The molecule has 0 unspecified atom stereocenters.